The molecule has 0 aliphatic carbocycles. The highest BCUT2D eigenvalue weighted by atomic mass is 35.5. The van der Waals surface area contributed by atoms with E-state index in [-0.39, 0.29) is 24.4 Å². The standard InChI is InChI=1S/C33H30Cl2F3N3O4S/c1-2-39-32(43)30(19-23-10-5-3-6-11-23)40(21-24-12-9-13-25(34)18-24)31(42)22-41(46(44,45)27-14-7-4-8-15-27)26-16-17-29(35)28(20-26)33(36,37)38/h3-18,20,30H,2,19,21-22H2,1H3,(H,39,43)/t30-/m1/s1. The van der Waals surface area contributed by atoms with Crippen molar-refractivity contribution in [2.24, 2.45) is 0 Å². The molecule has 0 heterocycles. The number of rotatable bonds is 12. The van der Waals surface area contributed by atoms with Gasteiger partial charge in [-0.3, -0.25) is 13.9 Å². The molecule has 0 spiro atoms. The molecule has 0 saturated heterocycles. The summed E-state index contributed by atoms with van der Waals surface area (Å²) in [5.74, 6) is -1.33. The van der Waals surface area contributed by atoms with Gasteiger partial charge in [-0.15, -0.1) is 0 Å². The van der Waals surface area contributed by atoms with Gasteiger partial charge in [0.2, 0.25) is 11.8 Å². The SMILES string of the molecule is CCNC(=O)[C@@H](Cc1ccccc1)N(Cc1cccc(Cl)c1)C(=O)CN(c1ccc(Cl)c(C(F)(F)F)c1)S(=O)(=O)c1ccccc1. The fourth-order valence-electron chi connectivity index (χ4n) is 4.81. The number of hydrogen-bond donors (Lipinski definition) is 1. The van der Waals surface area contributed by atoms with E-state index in [1.165, 1.54) is 29.2 Å². The number of hydrogen-bond acceptors (Lipinski definition) is 4. The molecule has 4 rings (SSSR count). The Kier molecular flexibility index (Phi) is 11.4. The van der Waals surface area contributed by atoms with Crippen molar-refractivity contribution in [3.8, 4) is 0 Å². The van der Waals surface area contributed by atoms with Crippen LogP contribution < -0.4 is 9.62 Å². The zero-order valence-corrected chi connectivity index (χ0v) is 26.9. The number of carbonyl (C=O) groups is 2. The van der Waals surface area contributed by atoms with Gasteiger partial charge in [-0.1, -0.05) is 83.9 Å². The molecule has 2 amide bonds. The summed E-state index contributed by atoms with van der Waals surface area (Å²) in [6, 6.07) is 24.0. The highest BCUT2D eigenvalue weighted by molar-refractivity contribution is 7.92. The van der Waals surface area contributed by atoms with Gasteiger partial charge in [0, 0.05) is 24.5 Å². The number of alkyl halides is 3. The Hall–Kier alpha value is -4.06. The maximum Gasteiger partial charge on any atom is 0.417 e. The Bertz CT molecular complexity index is 1780. The Morgan fingerprint density at radius 1 is 0.848 bits per heavy atom. The molecule has 1 N–H and O–H groups in total. The molecule has 4 aromatic carbocycles. The number of likely N-dealkylation sites (N-methyl/N-ethyl adjacent to an activating group) is 1. The van der Waals surface area contributed by atoms with Crippen LogP contribution in [0.3, 0.4) is 0 Å². The molecule has 13 heteroatoms. The van der Waals surface area contributed by atoms with Crippen LogP contribution in [0.2, 0.25) is 10.0 Å². The van der Waals surface area contributed by atoms with Crippen molar-refractivity contribution in [1.29, 1.82) is 0 Å². The van der Waals surface area contributed by atoms with E-state index in [0.717, 1.165) is 17.7 Å². The third-order valence-electron chi connectivity index (χ3n) is 7.02. The Morgan fingerprint density at radius 2 is 1.48 bits per heavy atom. The van der Waals surface area contributed by atoms with E-state index >= 15 is 0 Å². The molecule has 0 aliphatic rings. The summed E-state index contributed by atoms with van der Waals surface area (Å²) < 4.78 is 70.2. The van der Waals surface area contributed by atoms with E-state index in [2.05, 4.69) is 5.32 Å². The molecule has 0 radical (unpaired) electrons. The summed E-state index contributed by atoms with van der Waals surface area (Å²) in [4.78, 5) is 28.8. The number of anilines is 1. The number of amides is 2. The Balaban J connectivity index is 1.85. The molecule has 0 saturated carbocycles. The number of benzene rings is 4. The lowest BCUT2D eigenvalue weighted by atomic mass is 10.0. The predicted octanol–water partition coefficient (Wildman–Crippen LogP) is 6.98. The molecule has 0 aliphatic heterocycles. The molecule has 4 aromatic rings. The van der Waals surface area contributed by atoms with Crippen LogP contribution in [0.5, 0.6) is 0 Å². The van der Waals surface area contributed by atoms with E-state index in [4.69, 9.17) is 23.2 Å². The first kappa shape index (κ1) is 34.8. The van der Waals surface area contributed by atoms with Gasteiger partial charge >= 0.3 is 6.18 Å². The molecule has 0 fully saturated rings. The third kappa shape index (κ3) is 8.60. The second kappa shape index (κ2) is 15.0. The average molecular weight is 693 g/mol. The molecule has 1 atom stereocenters. The summed E-state index contributed by atoms with van der Waals surface area (Å²) in [5.41, 5.74) is -0.433. The minimum absolute atomic E-state index is 0.0730. The van der Waals surface area contributed by atoms with Crippen LogP contribution in [0, 0.1) is 0 Å². The summed E-state index contributed by atoms with van der Waals surface area (Å²) in [5, 5.41) is 2.47. The van der Waals surface area contributed by atoms with E-state index < -0.39 is 56.9 Å². The lowest BCUT2D eigenvalue weighted by Crippen LogP contribution is -2.53. The Morgan fingerprint density at radius 3 is 2.09 bits per heavy atom. The second-order valence-corrected chi connectivity index (χ2v) is 12.9. The predicted molar refractivity (Wildman–Crippen MR) is 172 cm³/mol. The minimum Gasteiger partial charge on any atom is -0.355 e. The largest absolute Gasteiger partial charge is 0.417 e. The quantitative estimate of drug-likeness (QED) is 0.174. The zero-order chi connectivity index (χ0) is 33.5. The minimum atomic E-state index is -4.91. The van der Waals surface area contributed by atoms with Crippen LogP contribution >= 0.6 is 23.2 Å². The maximum atomic E-state index is 14.3. The molecule has 7 nitrogen and oxygen atoms in total. The van der Waals surface area contributed by atoms with Gasteiger partial charge in [0.05, 0.1) is 21.2 Å². The molecule has 0 aromatic heterocycles. The van der Waals surface area contributed by atoms with Crippen LogP contribution in [0.25, 0.3) is 0 Å². The number of nitrogens with one attached hydrogen (secondary N) is 1. The molecular formula is C33H30Cl2F3N3O4S. The van der Waals surface area contributed by atoms with E-state index in [0.29, 0.717) is 21.0 Å². The highest BCUT2D eigenvalue weighted by Gasteiger charge is 2.37. The average Bonchev–Trinajstić information content (AvgIpc) is 3.02. The number of nitrogens with zero attached hydrogens (tertiary/aromatic N) is 2. The van der Waals surface area contributed by atoms with Crippen LogP contribution in [0.4, 0.5) is 18.9 Å². The van der Waals surface area contributed by atoms with Crippen LogP contribution in [-0.4, -0.2) is 44.3 Å². The van der Waals surface area contributed by atoms with Gasteiger partial charge in [0.1, 0.15) is 12.6 Å². The van der Waals surface area contributed by atoms with Crippen molar-refractivity contribution in [3.63, 3.8) is 0 Å². The van der Waals surface area contributed by atoms with Crippen LogP contribution in [-0.2, 0) is 38.8 Å². The fourth-order valence-corrected chi connectivity index (χ4v) is 6.68. The highest BCUT2D eigenvalue weighted by Crippen LogP contribution is 2.38. The smallest absolute Gasteiger partial charge is 0.355 e. The van der Waals surface area contributed by atoms with Crippen LogP contribution in [0.15, 0.2) is 108 Å². The molecular weight excluding hydrogens is 662 g/mol. The number of carbonyl (C=O) groups excluding carboxylic acids is 2. The monoisotopic (exact) mass is 691 g/mol. The first-order chi connectivity index (χ1) is 21.8. The van der Waals surface area contributed by atoms with Crippen molar-refractivity contribution >= 4 is 50.7 Å². The van der Waals surface area contributed by atoms with Gasteiger partial charge in [0.15, 0.2) is 0 Å². The van der Waals surface area contributed by atoms with Gasteiger partial charge in [-0.2, -0.15) is 13.2 Å². The lowest BCUT2D eigenvalue weighted by Gasteiger charge is -2.34. The van der Waals surface area contributed by atoms with Crippen LogP contribution in [0.1, 0.15) is 23.6 Å². The summed E-state index contributed by atoms with van der Waals surface area (Å²) >= 11 is 12.1. The summed E-state index contributed by atoms with van der Waals surface area (Å²) in [6.07, 6.45) is -4.83. The summed E-state index contributed by atoms with van der Waals surface area (Å²) in [6.45, 7) is 0.888. The first-order valence-corrected chi connectivity index (χ1v) is 16.3. The topological polar surface area (TPSA) is 86.8 Å². The number of sulfonamides is 1. The van der Waals surface area contributed by atoms with E-state index in [1.807, 2.05) is 0 Å². The zero-order valence-electron chi connectivity index (χ0n) is 24.5. The van der Waals surface area contributed by atoms with E-state index in [1.54, 1.807) is 67.6 Å². The van der Waals surface area contributed by atoms with Gasteiger partial charge in [0.25, 0.3) is 10.0 Å². The number of halogens is 5. The van der Waals surface area contributed by atoms with Crippen molar-refractivity contribution in [2.75, 3.05) is 17.4 Å². The maximum absolute atomic E-state index is 14.3. The van der Waals surface area contributed by atoms with Crippen molar-refractivity contribution in [2.45, 2.75) is 37.0 Å². The fraction of sp³-hybridized carbons (Fsp3) is 0.212. The molecule has 242 valence electrons. The second-order valence-electron chi connectivity index (χ2n) is 10.2. The van der Waals surface area contributed by atoms with Gasteiger partial charge < -0.3 is 10.2 Å². The first-order valence-electron chi connectivity index (χ1n) is 14.1. The normalized spacial score (nSPS) is 12.3. The summed E-state index contributed by atoms with van der Waals surface area (Å²) in [7, 11) is -4.60. The van der Waals surface area contributed by atoms with Crippen molar-refractivity contribution in [1.82, 2.24) is 10.2 Å². The molecule has 0 unspecified atom stereocenters. The van der Waals surface area contributed by atoms with Crippen molar-refractivity contribution < 1.29 is 31.2 Å². The lowest BCUT2D eigenvalue weighted by molar-refractivity contribution is -0.140. The van der Waals surface area contributed by atoms with Gasteiger partial charge in [-0.25, -0.2) is 8.42 Å². The molecule has 0 bridgehead atoms. The third-order valence-corrected chi connectivity index (χ3v) is 9.37. The molecule has 46 heavy (non-hydrogen) atoms. The van der Waals surface area contributed by atoms with E-state index in [9.17, 15) is 31.2 Å². The Labute approximate surface area is 275 Å². The van der Waals surface area contributed by atoms with Crippen molar-refractivity contribution in [3.05, 3.63) is 130 Å². The van der Waals surface area contributed by atoms with Gasteiger partial charge in [-0.05, 0) is 60.5 Å².